The van der Waals surface area contributed by atoms with Gasteiger partial charge in [0.1, 0.15) is 18.1 Å². The highest BCUT2D eigenvalue weighted by Gasteiger charge is 2.41. The molecule has 0 aliphatic heterocycles. The molecule has 7 heteroatoms. The van der Waals surface area contributed by atoms with Crippen molar-refractivity contribution in [2.75, 3.05) is 0 Å². The second kappa shape index (κ2) is 5.68. The Morgan fingerprint density at radius 3 is 2.00 bits per heavy atom. The lowest BCUT2D eigenvalue weighted by Crippen LogP contribution is -2.26. The van der Waals surface area contributed by atoms with Crippen LogP contribution in [0.1, 0.15) is 0 Å². The first-order valence-corrected chi connectivity index (χ1v) is 6.18. The van der Waals surface area contributed by atoms with Crippen molar-refractivity contribution in [1.82, 2.24) is 4.98 Å². The average Bonchev–Trinajstić information content (AvgIpc) is 2.69. The molecule has 0 unspecified atom stereocenters. The monoisotopic (exact) mass is 248 g/mol. The van der Waals surface area contributed by atoms with Crippen molar-refractivity contribution in [3.63, 3.8) is 0 Å². The minimum atomic E-state index is -6.83. The number of hydrogen-bond acceptors (Lipinski definition) is 0. The predicted octanol–water partition coefficient (Wildman–Crippen LogP) is 2.59. The van der Waals surface area contributed by atoms with E-state index in [1.165, 1.54) is 5.69 Å². The molecule has 16 heavy (non-hydrogen) atoms. The Bertz CT molecular complexity index is 393. The zero-order chi connectivity index (χ0) is 12.0. The number of aromatic amines is 1. The third-order valence-corrected chi connectivity index (χ3v) is 1.60. The van der Waals surface area contributed by atoms with Gasteiger partial charge in [-0.2, -0.15) is 0 Å². The first kappa shape index (κ1) is 12.8. The zero-order valence-electron chi connectivity index (χ0n) is 8.16. The van der Waals surface area contributed by atoms with Crippen LogP contribution in [0.2, 0.25) is 0 Å². The molecule has 0 saturated carbocycles. The molecule has 0 spiro atoms. The normalized spacial score (nSPS) is 10.5. The molecule has 0 amide bonds. The van der Waals surface area contributed by atoms with Crippen LogP contribution in [0.25, 0.3) is 5.69 Å². The molecular formula is C9H9AlF4N2. The SMILES string of the molecule is [F][Al-]([F])([F])[F].c1ccc(-[n+]2cc[nH]c2)cc1. The smallest absolute Gasteiger partial charge is 0.510 e. The molecule has 0 aliphatic carbocycles. The molecule has 1 aromatic carbocycles. The largest absolute Gasteiger partial charge is 1.04 e. The number of imidazole rings is 1. The molecule has 86 valence electrons. The fraction of sp³-hybridized carbons (Fsp3) is 0. The average molecular weight is 248 g/mol. The Morgan fingerprint density at radius 2 is 1.56 bits per heavy atom. The van der Waals surface area contributed by atoms with Crippen molar-refractivity contribution in [3.8, 4) is 5.69 Å². The van der Waals surface area contributed by atoms with E-state index in [0.717, 1.165) is 0 Å². The van der Waals surface area contributed by atoms with Gasteiger partial charge in [-0.1, -0.05) is 18.2 Å². The Kier molecular flexibility index (Phi) is 4.53. The maximum Gasteiger partial charge on any atom is 1.04 e. The van der Waals surface area contributed by atoms with Gasteiger partial charge in [-0.15, -0.1) is 0 Å². The Morgan fingerprint density at radius 1 is 1.00 bits per heavy atom. The zero-order valence-corrected chi connectivity index (χ0v) is 9.31. The molecule has 0 saturated heterocycles. The van der Waals surface area contributed by atoms with Gasteiger partial charge in [0.15, 0.2) is 0 Å². The number of rotatable bonds is 1. The highest BCUT2D eigenvalue weighted by Crippen LogP contribution is 2.06. The molecule has 0 atom stereocenters. The van der Waals surface area contributed by atoms with Crippen molar-refractivity contribution >= 4 is 14.9 Å². The van der Waals surface area contributed by atoms with Crippen LogP contribution in [0.3, 0.4) is 0 Å². The lowest BCUT2D eigenvalue weighted by Gasteiger charge is -1.91. The molecule has 0 radical (unpaired) electrons. The van der Waals surface area contributed by atoms with Crippen LogP contribution in [0.4, 0.5) is 14.1 Å². The number of nitrogens with one attached hydrogen (secondary N) is 1. The van der Waals surface area contributed by atoms with Crippen molar-refractivity contribution < 1.29 is 18.7 Å². The van der Waals surface area contributed by atoms with Crippen molar-refractivity contribution in [1.29, 1.82) is 0 Å². The molecule has 2 rings (SSSR count). The van der Waals surface area contributed by atoms with Gasteiger partial charge >= 0.3 is 14.9 Å². The maximum absolute atomic E-state index is 9.85. The summed E-state index contributed by atoms with van der Waals surface area (Å²) >= 11 is -6.83. The molecule has 2 nitrogen and oxygen atoms in total. The fourth-order valence-electron chi connectivity index (χ4n) is 1.05. The number of aromatic nitrogens is 2. The van der Waals surface area contributed by atoms with E-state index < -0.39 is 14.9 Å². The second-order valence-electron chi connectivity index (χ2n) is 2.85. The molecule has 1 N–H and O–H groups in total. The third-order valence-electron chi connectivity index (χ3n) is 1.60. The number of nitrogens with zero attached hydrogens (tertiary/aromatic N) is 1. The van der Waals surface area contributed by atoms with E-state index in [1.807, 2.05) is 41.5 Å². The molecule has 2 aromatic rings. The minimum Gasteiger partial charge on any atom is -0.510 e. The summed E-state index contributed by atoms with van der Waals surface area (Å²) in [5.74, 6) is 0. The standard InChI is InChI=1S/C9H8N2.Al.4FH/c1-2-4-9(5-3-1)11-7-6-10-8-11;;;;;/h1-8H;;4*1H/q;+3;;;;/p-3. The number of para-hydroxylation sites is 1. The Hall–Kier alpha value is -1.32. The van der Waals surface area contributed by atoms with E-state index in [9.17, 15) is 14.1 Å². The van der Waals surface area contributed by atoms with Gasteiger partial charge in [0.2, 0.25) is 6.33 Å². The third kappa shape index (κ3) is 5.54. The van der Waals surface area contributed by atoms with Crippen LogP contribution in [0.15, 0.2) is 49.1 Å². The van der Waals surface area contributed by atoms with Crippen LogP contribution in [0, 0.1) is 0 Å². The van der Waals surface area contributed by atoms with Gasteiger partial charge in [0.25, 0.3) is 0 Å². The first-order valence-electron chi connectivity index (χ1n) is 4.43. The van der Waals surface area contributed by atoms with Crippen molar-refractivity contribution in [2.24, 2.45) is 0 Å². The lowest BCUT2D eigenvalue weighted by molar-refractivity contribution is -0.594. The number of halogens is 4. The first-order chi connectivity index (χ1) is 7.47. The summed E-state index contributed by atoms with van der Waals surface area (Å²) in [5.41, 5.74) is 1.17. The van der Waals surface area contributed by atoms with Gasteiger partial charge in [-0.3, -0.25) is 0 Å². The highest BCUT2D eigenvalue weighted by molar-refractivity contribution is 6.50. The van der Waals surface area contributed by atoms with Gasteiger partial charge in [-0.25, -0.2) is 9.55 Å². The van der Waals surface area contributed by atoms with Crippen molar-refractivity contribution in [2.45, 2.75) is 0 Å². The summed E-state index contributed by atoms with van der Waals surface area (Å²) in [6, 6.07) is 10.2. The maximum atomic E-state index is 9.85. The summed E-state index contributed by atoms with van der Waals surface area (Å²) in [5, 5.41) is 0. The summed E-state index contributed by atoms with van der Waals surface area (Å²) in [6.45, 7) is 0. The van der Waals surface area contributed by atoms with Crippen LogP contribution < -0.4 is 4.57 Å². The molecule has 0 fully saturated rings. The molecule has 1 aromatic heterocycles. The van der Waals surface area contributed by atoms with Crippen LogP contribution in [-0.4, -0.2) is 19.9 Å². The van der Waals surface area contributed by atoms with E-state index in [-0.39, 0.29) is 0 Å². The summed E-state index contributed by atoms with van der Waals surface area (Å²) < 4.78 is 41.4. The highest BCUT2D eigenvalue weighted by atomic mass is 27.5. The topological polar surface area (TPSA) is 19.7 Å². The summed E-state index contributed by atoms with van der Waals surface area (Å²) in [7, 11) is 0. The molecule has 0 bridgehead atoms. The quantitative estimate of drug-likeness (QED) is 0.454. The fourth-order valence-corrected chi connectivity index (χ4v) is 1.05. The van der Waals surface area contributed by atoms with Gasteiger partial charge < -0.3 is 14.1 Å². The van der Waals surface area contributed by atoms with E-state index in [0.29, 0.717) is 0 Å². The molecular weight excluding hydrogens is 239 g/mol. The van der Waals surface area contributed by atoms with Crippen LogP contribution in [0.5, 0.6) is 0 Å². The van der Waals surface area contributed by atoms with E-state index >= 15 is 0 Å². The van der Waals surface area contributed by atoms with E-state index in [2.05, 4.69) is 17.1 Å². The number of benzene rings is 1. The van der Waals surface area contributed by atoms with Gasteiger partial charge in [0.05, 0.1) is 0 Å². The van der Waals surface area contributed by atoms with E-state index in [4.69, 9.17) is 0 Å². The summed E-state index contributed by atoms with van der Waals surface area (Å²) in [6.07, 6.45) is 5.79. The minimum absolute atomic E-state index is 1.17. The molecule has 1 heterocycles. The Balaban J connectivity index is 0.000000221. The predicted molar refractivity (Wildman–Crippen MR) is 52.5 cm³/mol. The Labute approximate surface area is 93.7 Å². The molecule has 0 aliphatic rings. The lowest BCUT2D eigenvalue weighted by atomic mass is 10.3. The number of hydrogen-bond donors (Lipinski definition) is 1. The van der Waals surface area contributed by atoms with E-state index in [1.54, 1.807) is 0 Å². The number of H-pyrrole nitrogens is 1. The second-order valence-corrected chi connectivity index (χ2v) is 3.84. The van der Waals surface area contributed by atoms with Gasteiger partial charge in [-0.05, 0) is 12.1 Å². The van der Waals surface area contributed by atoms with Crippen molar-refractivity contribution in [3.05, 3.63) is 49.1 Å². The summed E-state index contributed by atoms with van der Waals surface area (Å²) in [4.78, 5) is 2.99. The van der Waals surface area contributed by atoms with Gasteiger partial charge in [0, 0.05) is 0 Å². The van der Waals surface area contributed by atoms with Crippen LogP contribution in [-0.2, 0) is 0 Å². The van der Waals surface area contributed by atoms with Crippen LogP contribution >= 0.6 is 0 Å².